The molecule has 3 aliphatic heterocycles. The monoisotopic (exact) mass is 362 g/mol. The lowest BCUT2D eigenvalue weighted by Crippen LogP contribution is -2.55. The van der Waals surface area contributed by atoms with Crippen LogP contribution in [0.2, 0.25) is 0 Å². The highest BCUT2D eigenvalue weighted by atomic mass is 16.6. The summed E-state index contributed by atoms with van der Waals surface area (Å²) in [4.78, 5) is 36.7. The second-order valence-corrected chi connectivity index (χ2v) is 7.35. The number of hydrogen-bond donors (Lipinski definition) is 1. The van der Waals surface area contributed by atoms with Gasteiger partial charge in [-0.1, -0.05) is 20.1 Å². The molecule has 0 aliphatic carbocycles. The fraction of sp³-hybridized carbons (Fsp3) is 0.526. The van der Waals surface area contributed by atoms with E-state index in [9.17, 15) is 19.5 Å². The van der Waals surface area contributed by atoms with Crippen molar-refractivity contribution in [1.29, 1.82) is 0 Å². The molecule has 3 rings (SSSR count). The van der Waals surface area contributed by atoms with Gasteiger partial charge in [0.1, 0.15) is 24.1 Å². The number of aliphatic hydroxyl groups is 1. The Bertz CT molecular complexity index is 749. The summed E-state index contributed by atoms with van der Waals surface area (Å²) < 4.78 is 16.6. The molecule has 7 nitrogen and oxygen atoms in total. The number of esters is 2. The van der Waals surface area contributed by atoms with Crippen LogP contribution >= 0.6 is 0 Å². The standard InChI is InChI=1S/C19H22O7/c1-8(2)17(22)25-15-14-10(4)18(23)24-12(14)6-9(3)11-7-13(20)19(5,26-11)16(15)21/h7,9,12,14-16,21H,1,4,6H2,2-3,5H3. The lowest BCUT2D eigenvalue weighted by molar-refractivity contribution is -0.176. The van der Waals surface area contributed by atoms with Crippen molar-refractivity contribution in [3.05, 3.63) is 36.1 Å². The molecule has 2 saturated heterocycles. The highest BCUT2D eigenvalue weighted by Gasteiger charge is 2.58. The topological polar surface area (TPSA) is 99.1 Å². The van der Waals surface area contributed by atoms with Gasteiger partial charge in [-0.25, -0.2) is 9.59 Å². The number of fused-ring (bicyclic) bond motifs is 3. The highest BCUT2D eigenvalue weighted by molar-refractivity contribution is 6.00. The van der Waals surface area contributed by atoms with Crippen LogP contribution in [0.15, 0.2) is 36.1 Å². The van der Waals surface area contributed by atoms with Crippen molar-refractivity contribution in [3.8, 4) is 0 Å². The number of ether oxygens (including phenoxy) is 3. The summed E-state index contributed by atoms with van der Waals surface area (Å²) in [6.07, 6.45) is -1.72. The van der Waals surface area contributed by atoms with Crippen LogP contribution in [-0.4, -0.2) is 46.7 Å². The van der Waals surface area contributed by atoms with Crippen molar-refractivity contribution in [2.24, 2.45) is 11.8 Å². The normalized spacial score (nSPS) is 39.0. The van der Waals surface area contributed by atoms with Crippen LogP contribution in [0.25, 0.3) is 0 Å². The average molecular weight is 362 g/mol. The smallest absolute Gasteiger partial charge is 0.334 e. The number of aliphatic hydroxyl groups excluding tert-OH is 1. The molecular formula is C19H22O7. The summed E-state index contributed by atoms with van der Waals surface area (Å²) in [5.41, 5.74) is -1.39. The van der Waals surface area contributed by atoms with E-state index >= 15 is 0 Å². The van der Waals surface area contributed by atoms with Crippen molar-refractivity contribution in [2.45, 2.75) is 51.1 Å². The zero-order chi connectivity index (χ0) is 19.4. The summed E-state index contributed by atoms with van der Waals surface area (Å²) >= 11 is 0. The molecule has 0 spiro atoms. The number of hydrogen-bond acceptors (Lipinski definition) is 7. The fourth-order valence-corrected chi connectivity index (χ4v) is 3.63. The third-order valence-corrected chi connectivity index (χ3v) is 5.31. The van der Waals surface area contributed by atoms with E-state index in [1.165, 1.54) is 19.9 Å². The highest BCUT2D eigenvalue weighted by Crippen LogP contribution is 2.44. The minimum atomic E-state index is -1.62. The molecule has 7 heteroatoms. The molecule has 0 radical (unpaired) electrons. The molecule has 0 saturated carbocycles. The molecule has 26 heavy (non-hydrogen) atoms. The van der Waals surface area contributed by atoms with E-state index in [0.717, 1.165) is 0 Å². The van der Waals surface area contributed by atoms with Gasteiger partial charge in [0.15, 0.2) is 5.60 Å². The molecule has 0 aromatic heterocycles. The number of allylic oxidation sites excluding steroid dienone is 1. The van der Waals surface area contributed by atoms with Crippen molar-refractivity contribution in [1.82, 2.24) is 0 Å². The van der Waals surface area contributed by atoms with Gasteiger partial charge in [-0.3, -0.25) is 4.79 Å². The third-order valence-electron chi connectivity index (χ3n) is 5.31. The van der Waals surface area contributed by atoms with Crippen LogP contribution in [0.5, 0.6) is 0 Å². The van der Waals surface area contributed by atoms with E-state index in [2.05, 4.69) is 13.2 Å². The lowest BCUT2D eigenvalue weighted by Gasteiger charge is -2.36. The van der Waals surface area contributed by atoms with Gasteiger partial charge in [0, 0.05) is 23.1 Å². The maximum atomic E-state index is 12.5. The Morgan fingerprint density at radius 2 is 2.08 bits per heavy atom. The Morgan fingerprint density at radius 1 is 1.42 bits per heavy atom. The van der Waals surface area contributed by atoms with Gasteiger partial charge in [0.2, 0.25) is 5.78 Å². The van der Waals surface area contributed by atoms with Gasteiger partial charge in [-0.05, 0) is 20.3 Å². The van der Waals surface area contributed by atoms with Gasteiger partial charge in [0.05, 0.1) is 5.92 Å². The van der Waals surface area contributed by atoms with E-state index in [1.807, 2.05) is 6.92 Å². The van der Waals surface area contributed by atoms with Crippen LogP contribution in [-0.2, 0) is 28.6 Å². The van der Waals surface area contributed by atoms with Crippen LogP contribution in [0.4, 0.5) is 0 Å². The molecule has 6 unspecified atom stereocenters. The van der Waals surface area contributed by atoms with E-state index in [0.29, 0.717) is 12.2 Å². The van der Waals surface area contributed by atoms with Crippen molar-refractivity contribution < 1.29 is 33.7 Å². The second kappa shape index (κ2) is 6.09. The van der Waals surface area contributed by atoms with E-state index in [-0.39, 0.29) is 17.1 Å². The number of rotatable bonds is 2. The summed E-state index contributed by atoms with van der Waals surface area (Å²) in [6.45, 7) is 12.0. The van der Waals surface area contributed by atoms with Crippen LogP contribution in [0.3, 0.4) is 0 Å². The number of carbonyl (C=O) groups excluding carboxylic acids is 3. The molecular weight excluding hydrogens is 340 g/mol. The summed E-state index contributed by atoms with van der Waals surface area (Å²) in [5.74, 6) is -2.36. The SMILES string of the molecule is C=C(C)C(=O)OC1C2C(=C)C(=O)OC2CC(C)C2=CC(=O)C(C)(O2)C1O. The molecule has 3 aliphatic rings. The fourth-order valence-electron chi connectivity index (χ4n) is 3.63. The Hall–Kier alpha value is -2.41. The average Bonchev–Trinajstić information content (AvgIpc) is 3.02. The van der Waals surface area contributed by atoms with Gasteiger partial charge in [-0.15, -0.1) is 0 Å². The maximum Gasteiger partial charge on any atom is 0.334 e. The van der Waals surface area contributed by atoms with E-state index < -0.39 is 47.6 Å². The molecule has 3 heterocycles. The zero-order valence-electron chi connectivity index (χ0n) is 15.0. The molecule has 2 bridgehead atoms. The second-order valence-electron chi connectivity index (χ2n) is 7.35. The van der Waals surface area contributed by atoms with Gasteiger partial charge < -0.3 is 19.3 Å². The molecule has 140 valence electrons. The van der Waals surface area contributed by atoms with Crippen molar-refractivity contribution in [3.63, 3.8) is 0 Å². The maximum absolute atomic E-state index is 12.5. The van der Waals surface area contributed by atoms with Gasteiger partial charge >= 0.3 is 11.9 Å². The Balaban J connectivity index is 2.09. The number of ketones is 1. The predicted molar refractivity (Wildman–Crippen MR) is 89.6 cm³/mol. The van der Waals surface area contributed by atoms with E-state index in [4.69, 9.17) is 14.2 Å². The Morgan fingerprint density at radius 3 is 2.69 bits per heavy atom. The first-order chi connectivity index (χ1) is 12.1. The Kier molecular flexibility index (Phi) is 4.30. The quantitative estimate of drug-likeness (QED) is 0.582. The molecule has 2 fully saturated rings. The third kappa shape index (κ3) is 2.67. The Labute approximate surface area is 151 Å². The minimum absolute atomic E-state index is 0.101. The summed E-state index contributed by atoms with van der Waals surface area (Å²) in [6, 6.07) is 0. The summed E-state index contributed by atoms with van der Waals surface area (Å²) in [7, 11) is 0. The lowest BCUT2D eigenvalue weighted by atomic mass is 9.78. The molecule has 0 aromatic carbocycles. The van der Waals surface area contributed by atoms with Crippen LogP contribution < -0.4 is 0 Å². The van der Waals surface area contributed by atoms with Crippen molar-refractivity contribution >= 4 is 17.7 Å². The predicted octanol–water partition coefficient (Wildman–Crippen LogP) is 1.21. The summed E-state index contributed by atoms with van der Waals surface area (Å²) in [5, 5.41) is 11.0. The van der Waals surface area contributed by atoms with Crippen molar-refractivity contribution in [2.75, 3.05) is 0 Å². The number of carbonyl (C=O) groups is 3. The van der Waals surface area contributed by atoms with Crippen LogP contribution in [0.1, 0.15) is 27.2 Å². The molecule has 0 amide bonds. The first-order valence-corrected chi connectivity index (χ1v) is 8.45. The molecule has 1 N–H and O–H groups in total. The largest absolute Gasteiger partial charge is 0.480 e. The van der Waals surface area contributed by atoms with E-state index in [1.54, 1.807) is 0 Å². The first kappa shape index (κ1) is 18.4. The van der Waals surface area contributed by atoms with Gasteiger partial charge in [0.25, 0.3) is 0 Å². The first-order valence-electron chi connectivity index (χ1n) is 8.45. The minimum Gasteiger partial charge on any atom is -0.480 e. The molecule has 6 atom stereocenters. The van der Waals surface area contributed by atoms with Crippen LogP contribution in [0, 0.1) is 11.8 Å². The molecule has 0 aromatic rings. The zero-order valence-corrected chi connectivity index (χ0v) is 15.0. The van der Waals surface area contributed by atoms with Gasteiger partial charge in [-0.2, -0.15) is 0 Å².